The quantitative estimate of drug-likeness (QED) is 0.843. The summed E-state index contributed by atoms with van der Waals surface area (Å²) in [6, 6.07) is 2.56. The zero-order chi connectivity index (χ0) is 11.6. The molecule has 0 radical (unpaired) electrons. The summed E-state index contributed by atoms with van der Waals surface area (Å²) in [5, 5.41) is 3.18. The van der Waals surface area contributed by atoms with E-state index in [1.165, 1.54) is 12.3 Å². The molecule has 1 saturated heterocycles. The van der Waals surface area contributed by atoms with Crippen LogP contribution in [0.1, 0.15) is 24.1 Å². The fourth-order valence-electron chi connectivity index (χ4n) is 2.02. The predicted molar refractivity (Wildman–Crippen MR) is 54.0 cm³/mol. The van der Waals surface area contributed by atoms with E-state index in [1.54, 1.807) is 0 Å². The lowest BCUT2D eigenvalue weighted by molar-refractivity contribution is -0.138. The zero-order valence-electron chi connectivity index (χ0n) is 8.72. The third-order valence-corrected chi connectivity index (χ3v) is 2.80. The van der Waals surface area contributed by atoms with Crippen LogP contribution in [0.5, 0.6) is 0 Å². The summed E-state index contributed by atoms with van der Waals surface area (Å²) in [4.78, 5) is 3.85. The minimum absolute atomic E-state index is 0.135. The molecular formula is C11H13F3N2. The highest BCUT2D eigenvalue weighted by molar-refractivity contribution is 5.23. The maximum Gasteiger partial charge on any atom is 0.418 e. The Labute approximate surface area is 91.9 Å². The Balaban J connectivity index is 2.19. The van der Waals surface area contributed by atoms with Gasteiger partial charge in [0.05, 0.1) is 11.3 Å². The molecule has 5 heteroatoms. The molecule has 1 aliphatic rings. The van der Waals surface area contributed by atoms with Gasteiger partial charge in [0.2, 0.25) is 0 Å². The minimum atomic E-state index is -4.30. The van der Waals surface area contributed by atoms with Crippen molar-refractivity contribution in [3.8, 4) is 0 Å². The molecule has 1 aromatic rings. The molecule has 88 valence electrons. The number of pyridine rings is 1. The Kier molecular flexibility index (Phi) is 3.14. The molecule has 2 rings (SSSR count). The van der Waals surface area contributed by atoms with E-state index in [-0.39, 0.29) is 11.7 Å². The van der Waals surface area contributed by atoms with E-state index in [0.717, 1.165) is 25.5 Å². The lowest BCUT2D eigenvalue weighted by atomic mass is 10.0. The van der Waals surface area contributed by atoms with Crippen LogP contribution in [0.2, 0.25) is 0 Å². The van der Waals surface area contributed by atoms with Gasteiger partial charge in [0, 0.05) is 18.7 Å². The largest absolute Gasteiger partial charge is 0.418 e. The van der Waals surface area contributed by atoms with Crippen LogP contribution in [0.25, 0.3) is 0 Å². The number of halogens is 3. The molecule has 0 aliphatic carbocycles. The monoisotopic (exact) mass is 230 g/mol. The molecule has 16 heavy (non-hydrogen) atoms. The number of nitrogens with one attached hydrogen (secondary N) is 1. The first kappa shape index (κ1) is 11.4. The van der Waals surface area contributed by atoms with Crippen molar-refractivity contribution in [1.29, 1.82) is 0 Å². The Bertz CT molecular complexity index is 356. The van der Waals surface area contributed by atoms with Gasteiger partial charge in [-0.2, -0.15) is 13.2 Å². The minimum Gasteiger partial charge on any atom is -0.314 e. The van der Waals surface area contributed by atoms with E-state index in [9.17, 15) is 13.2 Å². The standard InChI is InChI=1S/C11H13F3N2/c12-11(13,14)9-4-2-6-16-10(9)7-8-3-1-5-15-8/h2,4,6,8,15H,1,3,5,7H2. The number of nitrogens with zero attached hydrogens (tertiary/aromatic N) is 1. The van der Waals surface area contributed by atoms with E-state index in [2.05, 4.69) is 10.3 Å². The number of hydrogen-bond acceptors (Lipinski definition) is 2. The molecule has 0 amide bonds. The first-order valence-corrected chi connectivity index (χ1v) is 5.32. The van der Waals surface area contributed by atoms with Crippen LogP contribution in [-0.2, 0) is 12.6 Å². The average molecular weight is 230 g/mol. The van der Waals surface area contributed by atoms with Gasteiger partial charge < -0.3 is 5.32 Å². The van der Waals surface area contributed by atoms with Crippen LogP contribution in [0.15, 0.2) is 18.3 Å². The summed E-state index contributed by atoms with van der Waals surface area (Å²) in [6.07, 6.45) is -0.579. The predicted octanol–water partition coefficient (Wildman–Crippen LogP) is 2.39. The summed E-state index contributed by atoms with van der Waals surface area (Å²) in [5.41, 5.74) is -0.460. The van der Waals surface area contributed by atoms with Crippen molar-refractivity contribution in [3.63, 3.8) is 0 Å². The fraction of sp³-hybridized carbons (Fsp3) is 0.545. The van der Waals surface area contributed by atoms with Crippen LogP contribution in [0, 0.1) is 0 Å². The molecule has 0 bridgehead atoms. The smallest absolute Gasteiger partial charge is 0.314 e. The zero-order valence-corrected chi connectivity index (χ0v) is 8.72. The first-order chi connectivity index (χ1) is 7.57. The second-order valence-corrected chi connectivity index (χ2v) is 3.99. The summed E-state index contributed by atoms with van der Waals surface area (Å²) in [6.45, 7) is 0.888. The average Bonchev–Trinajstić information content (AvgIpc) is 2.70. The van der Waals surface area contributed by atoms with Crippen molar-refractivity contribution < 1.29 is 13.2 Å². The van der Waals surface area contributed by atoms with Crippen molar-refractivity contribution >= 4 is 0 Å². The topological polar surface area (TPSA) is 24.9 Å². The third kappa shape index (κ3) is 2.52. The van der Waals surface area contributed by atoms with Crippen LogP contribution < -0.4 is 5.32 Å². The Morgan fingerprint density at radius 1 is 1.44 bits per heavy atom. The molecule has 1 aromatic heterocycles. The van der Waals surface area contributed by atoms with Crippen LogP contribution in [0.3, 0.4) is 0 Å². The normalized spacial score (nSPS) is 21.3. The SMILES string of the molecule is FC(F)(F)c1cccnc1CC1CCCN1. The number of hydrogen-bond donors (Lipinski definition) is 1. The van der Waals surface area contributed by atoms with Gasteiger partial charge in [-0.1, -0.05) is 0 Å². The summed E-state index contributed by atoms with van der Waals surface area (Å²) in [7, 11) is 0. The number of aromatic nitrogens is 1. The summed E-state index contributed by atoms with van der Waals surface area (Å²) >= 11 is 0. The van der Waals surface area contributed by atoms with Gasteiger partial charge in [-0.25, -0.2) is 0 Å². The van der Waals surface area contributed by atoms with Gasteiger partial charge >= 0.3 is 6.18 Å². The van der Waals surface area contributed by atoms with Crippen LogP contribution in [0.4, 0.5) is 13.2 Å². The van der Waals surface area contributed by atoms with Crippen LogP contribution >= 0.6 is 0 Å². The van der Waals surface area contributed by atoms with E-state index < -0.39 is 11.7 Å². The van der Waals surface area contributed by atoms with Gasteiger partial charge in [-0.3, -0.25) is 4.98 Å². The lowest BCUT2D eigenvalue weighted by Gasteiger charge is -2.14. The molecule has 1 atom stereocenters. The molecule has 1 fully saturated rings. The second kappa shape index (κ2) is 4.41. The highest BCUT2D eigenvalue weighted by Gasteiger charge is 2.34. The lowest BCUT2D eigenvalue weighted by Crippen LogP contribution is -2.25. The molecule has 1 unspecified atom stereocenters. The molecule has 1 N–H and O–H groups in total. The van der Waals surface area contributed by atoms with Gasteiger partial charge in [0.1, 0.15) is 0 Å². The van der Waals surface area contributed by atoms with Gasteiger partial charge in [-0.15, -0.1) is 0 Å². The van der Waals surface area contributed by atoms with Crippen molar-refractivity contribution in [1.82, 2.24) is 10.3 Å². The second-order valence-electron chi connectivity index (χ2n) is 3.99. The molecule has 0 saturated carbocycles. The Morgan fingerprint density at radius 2 is 2.25 bits per heavy atom. The Morgan fingerprint density at radius 3 is 2.88 bits per heavy atom. The van der Waals surface area contributed by atoms with Crippen LogP contribution in [-0.4, -0.2) is 17.6 Å². The van der Waals surface area contributed by atoms with Gasteiger partial charge in [0.15, 0.2) is 0 Å². The summed E-state index contributed by atoms with van der Waals surface area (Å²) < 4.78 is 38.0. The maximum atomic E-state index is 12.7. The van der Waals surface area contributed by atoms with Crippen molar-refractivity contribution in [2.45, 2.75) is 31.5 Å². The molecule has 0 aromatic carbocycles. The number of alkyl halides is 3. The highest BCUT2D eigenvalue weighted by Crippen LogP contribution is 2.31. The first-order valence-electron chi connectivity index (χ1n) is 5.32. The van der Waals surface area contributed by atoms with Crippen molar-refractivity contribution in [2.75, 3.05) is 6.54 Å². The van der Waals surface area contributed by atoms with Crippen molar-refractivity contribution in [2.24, 2.45) is 0 Å². The van der Waals surface area contributed by atoms with E-state index in [1.807, 2.05) is 0 Å². The highest BCUT2D eigenvalue weighted by atomic mass is 19.4. The number of rotatable bonds is 2. The fourth-order valence-corrected chi connectivity index (χ4v) is 2.02. The van der Waals surface area contributed by atoms with E-state index in [0.29, 0.717) is 6.42 Å². The maximum absolute atomic E-state index is 12.7. The molecule has 2 nitrogen and oxygen atoms in total. The molecule has 2 heterocycles. The van der Waals surface area contributed by atoms with Gasteiger partial charge in [0.25, 0.3) is 0 Å². The van der Waals surface area contributed by atoms with E-state index in [4.69, 9.17) is 0 Å². The molecule has 1 aliphatic heterocycles. The molecule has 0 spiro atoms. The molecular weight excluding hydrogens is 217 g/mol. The van der Waals surface area contributed by atoms with Gasteiger partial charge in [-0.05, 0) is 31.5 Å². The van der Waals surface area contributed by atoms with E-state index >= 15 is 0 Å². The van der Waals surface area contributed by atoms with Crippen molar-refractivity contribution in [3.05, 3.63) is 29.6 Å². The third-order valence-electron chi connectivity index (χ3n) is 2.80. The Hall–Kier alpha value is -1.10. The summed E-state index contributed by atoms with van der Waals surface area (Å²) in [5.74, 6) is 0.